The molecule has 0 radical (unpaired) electrons. The van der Waals surface area contributed by atoms with Gasteiger partial charge >= 0.3 is 0 Å². The fourth-order valence-corrected chi connectivity index (χ4v) is 2.67. The van der Waals surface area contributed by atoms with Crippen molar-refractivity contribution in [1.29, 1.82) is 0 Å². The summed E-state index contributed by atoms with van der Waals surface area (Å²) in [7, 11) is -3.35. The highest BCUT2D eigenvalue weighted by Crippen LogP contribution is 2.24. The van der Waals surface area contributed by atoms with Gasteiger partial charge < -0.3 is 5.32 Å². The first-order valence-electron chi connectivity index (χ1n) is 6.46. The van der Waals surface area contributed by atoms with Crippen LogP contribution in [-0.2, 0) is 16.3 Å². The van der Waals surface area contributed by atoms with Crippen LogP contribution in [0.3, 0.4) is 0 Å². The van der Waals surface area contributed by atoms with Crippen LogP contribution in [0.4, 0.5) is 8.78 Å². The molecule has 0 bridgehead atoms. The largest absolute Gasteiger partial charge is 0.312 e. The summed E-state index contributed by atoms with van der Waals surface area (Å²) in [5.41, 5.74) is 0.174. The van der Waals surface area contributed by atoms with Crippen molar-refractivity contribution in [1.82, 2.24) is 5.32 Å². The molecule has 1 atom stereocenters. The van der Waals surface area contributed by atoms with Gasteiger partial charge in [-0.3, -0.25) is 0 Å². The summed E-state index contributed by atoms with van der Waals surface area (Å²) < 4.78 is 49.6. The van der Waals surface area contributed by atoms with E-state index in [9.17, 15) is 17.2 Å². The first-order chi connectivity index (χ1) is 9.09. The van der Waals surface area contributed by atoms with Crippen LogP contribution in [-0.4, -0.2) is 32.0 Å². The third-order valence-electron chi connectivity index (χ3n) is 3.68. The molecular formula is C14H21F2NO2S. The number of likely N-dealkylation sites (N-methyl/N-ethyl adjacent to an activating group) is 1. The lowest BCUT2D eigenvalue weighted by Gasteiger charge is -2.33. The minimum atomic E-state index is -3.35. The van der Waals surface area contributed by atoms with Crippen molar-refractivity contribution < 1.29 is 17.2 Å². The lowest BCUT2D eigenvalue weighted by Crippen LogP contribution is -2.52. The van der Waals surface area contributed by atoms with Gasteiger partial charge in [0.25, 0.3) is 0 Å². The van der Waals surface area contributed by atoms with Gasteiger partial charge in [0.05, 0.1) is 4.75 Å². The average molecular weight is 305 g/mol. The Balaban J connectivity index is 3.13. The summed E-state index contributed by atoms with van der Waals surface area (Å²) >= 11 is 0. The normalized spacial score (nSPS) is 14.3. The van der Waals surface area contributed by atoms with Crippen LogP contribution in [0.1, 0.15) is 26.3 Å². The predicted octanol–water partition coefficient (Wildman–Crippen LogP) is 2.31. The minimum absolute atomic E-state index is 0.109. The van der Waals surface area contributed by atoms with Crippen LogP contribution in [0.25, 0.3) is 0 Å². The summed E-state index contributed by atoms with van der Waals surface area (Å²) in [5, 5.41) is 3.06. The molecule has 3 nitrogen and oxygen atoms in total. The molecule has 1 aromatic rings. The number of sulfone groups is 1. The topological polar surface area (TPSA) is 46.2 Å². The van der Waals surface area contributed by atoms with E-state index in [0.717, 1.165) is 24.5 Å². The number of halogens is 2. The van der Waals surface area contributed by atoms with E-state index in [1.165, 1.54) is 0 Å². The second-order valence-corrected chi connectivity index (χ2v) is 8.02. The van der Waals surface area contributed by atoms with E-state index in [2.05, 4.69) is 5.32 Å². The molecule has 20 heavy (non-hydrogen) atoms. The van der Waals surface area contributed by atoms with Crippen molar-refractivity contribution in [3.63, 3.8) is 0 Å². The van der Waals surface area contributed by atoms with Crippen molar-refractivity contribution >= 4 is 9.84 Å². The van der Waals surface area contributed by atoms with Crippen molar-refractivity contribution in [3.05, 3.63) is 35.4 Å². The Morgan fingerprint density at radius 3 is 2.40 bits per heavy atom. The Bertz CT molecular complexity index is 571. The molecule has 0 aliphatic carbocycles. The lowest BCUT2D eigenvalue weighted by atomic mass is 9.95. The van der Waals surface area contributed by atoms with E-state index in [-0.39, 0.29) is 12.0 Å². The van der Waals surface area contributed by atoms with Gasteiger partial charge in [0.1, 0.15) is 11.6 Å². The Labute approximate surface area is 119 Å². The van der Waals surface area contributed by atoms with Crippen LogP contribution in [0.15, 0.2) is 18.2 Å². The van der Waals surface area contributed by atoms with Crippen molar-refractivity contribution in [2.45, 2.75) is 38.0 Å². The van der Waals surface area contributed by atoms with Gasteiger partial charge in [0.15, 0.2) is 9.84 Å². The Kier molecular flexibility index (Phi) is 5.27. The van der Waals surface area contributed by atoms with Gasteiger partial charge in [0.2, 0.25) is 0 Å². The standard InChI is InChI=1S/C14H21F2NO2S/c1-5-17-13(14(2,3)20(4,18)19)9-10-8-11(15)6-7-12(10)16/h6-8,13,17H,5,9H2,1-4H3. The molecule has 6 heteroatoms. The SMILES string of the molecule is CCNC(Cc1cc(F)ccc1F)C(C)(C)S(C)(=O)=O. The lowest BCUT2D eigenvalue weighted by molar-refractivity contribution is 0.408. The van der Waals surface area contributed by atoms with E-state index >= 15 is 0 Å². The van der Waals surface area contributed by atoms with E-state index in [4.69, 9.17) is 0 Å². The monoisotopic (exact) mass is 305 g/mol. The molecule has 0 aliphatic rings. The summed E-state index contributed by atoms with van der Waals surface area (Å²) in [6, 6.07) is 2.71. The summed E-state index contributed by atoms with van der Waals surface area (Å²) in [6.07, 6.45) is 1.26. The molecule has 1 N–H and O–H groups in total. The van der Waals surface area contributed by atoms with E-state index in [1.807, 2.05) is 6.92 Å². The average Bonchev–Trinajstić information content (AvgIpc) is 2.31. The van der Waals surface area contributed by atoms with Crippen LogP contribution < -0.4 is 5.32 Å². The zero-order valence-corrected chi connectivity index (χ0v) is 13.0. The minimum Gasteiger partial charge on any atom is -0.312 e. The number of benzene rings is 1. The first kappa shape index (κ1) is 17.0. The highest BCUT2D eigenvalue weighted by Gasteiger charge is 2.38. The third-order valence-corrected chi connectivity index (χ3v) is 5.87. The molecule has 0 saturated carbocycles. The Hall–Kier alpha value is -1.01. The van der Waals surface area contributed by atoms with Gasteiger partial charge in [-0.1, -0.05) is 6.92 Å². The number of hydrogen-bond donors (Lipinski definition) is 1. The van der Waals surface area contributed by atoms with E-state index < -0.39 is 32.3 Å². The molecule has 1 aromatic carbocycles. The Morgan fingerprint density at radius 2 is 1.90 bits per heavy atom. The third kappa shape index (κ3) is 3.76. The quantitative estimate of drug-likeness (QED) is 0.877. The van der Waals surface area contributed by atoms with Gasteiger partial charge in [-0.05, 0) is 50.6 Å². The molecule has 0 fully saturated rings. The molecule has 1 rings (SSSR count). The van der Waals surface area contributed by atoms with Crippen molar-refractivity contribution in [2.24, 2.45) is 0 Å². The molecule has 114 valence electrons. The summed E-state index contributed by atoms with van der Waals surface area (Å²) in [6.45, 7) is 5.56. The second-order valence-electron chi connectivity index (χ2n) is 5.43. The number of hydrogen-bond acceptors (Lipinski definition) is 3. The number of nitrogens with one attached hydrogen (secondary N) is 1. The maximum absolute atomic E-state index is 13.7. The van der Waals surface area contributed by atoms with Gasteiger partial charge in [-0.15, -0.1) is 0 Å². The van der Waals surface area contributed by atoms with E-state index in [1.54, 1.807) is 13.8 Å². The highest BCUT2D eigenvalue weighted by molar-refractivity contribution is 7.92. The molecule has 0 spiro atoms. The molecule has 0 aliphatic heterocycles. The van der Waals surface area contributed by atoms with E-state index in [0.29, 0.717) is 6.54 Å². The first-order valence-corrected chi connectivity index (χ1v) is 8.35. The smallest absolute Gasteiger partial charge is 0.154 e. The Morgan fingerprint density at radius 1 is 1.30 bits per heavy atom. The molecular weight excluding hydrogens is 284 g/mol. The molecule has 0 saturated heterocycles. The molecule has 0 heterocycles. The van der Waals surface area contributed by atoms with Crippen LogP contribution >= 0.6 is 0 Å². The maximum Gasteiger partial charge on any atom is 0.154 e. The van der Waals surface area contributed by atoms with Gasteiger partial charge in [0, 0.05) is 12.3 Å². The van der Waals surface area contributed by atoms with Crippen molar-refractivity contribution in [2.75, 3.05) is 12.8 Å². The highest BCUT2D eigenvalue weighted by atomic mass is 32.2. The van der Waals surface area contributed by atoms with Crippen LogP contribution in [0.2, 0.25) is 0 Å². The van der Waals surface area contributed by atoms with Crippen LogP contribution in [0.5, 0.6) is 0 Å². The predicted molar refractivity (Wildman–Crippen MR) is 76.4 cm³/mol. The maximum atomic E-state index is 13.7. The molecule has 0 amide bonds. The zero-order chi connectivity index (χ0) is 15.6. The summed E-state index contributed by atoms with van der Waals surface area (Å²) in [5.74, 6) is -1.06. The zero-order valence-electron chi connectivity index (χ0n) is 12.2. The fourth-order valence-electron chi connectivity index (χ4n) is 1.99. The molecule has 1 unspecified atom stereocenters. The van der Waals surface area contributed by atoms with Crippen molar-refractivity contribution in [3.8, 4) is 0 Å². The van der Waals surface area contributed by atoms with Gasteiger partial charge in [-0.25, -0.2) is 17.2 Å². The molecule has 0 aromatic heterocycles. The fraction of sp³-hybridized carbons (Fsp3) is 0.571. The van der Waals surface area contributed by atoms with Gasteiger partial charge in [-0.2, -0.15) is 0 Å². The number of rotatable bonds is 6. The second kappa shape index (κ2) is 6.18. The summed E-state index contributed by atoms with van der Waals surface area (Å²) in [4.78, 5) is 0. The van der Waals surface area contributed by atoms with Crippen LogP contribution in [0, 0.1) is 11.6 Å².